The van der Waals surface area contributed by atoms with Gasteiger partial charge in [-0.2, -0.15) is 0 Å². The molecule has 13 heavy (non-hydrogen) atoms. The third-order valence-electron chi connectivity index (χ3n) is 2.46. The molecule has 0 spiro atoms. The standard InChI is InChI=1S/C12H14O/c1-10(12-8-5-9-13-12)11-6-3-2-4-7-11/h2-4,6-7,12H,1,5,8-9H2/t12-/m1/s1. The Hall–Kier alpha value is -1.08. The van der Waals surface area contributed by atoms with E-state index in [0.717, 1.165) is 25.0 Å². The van der Waals surface area contributed by atoms with Gasteiger partial charge in [-0.1, -0.05) is 36.9 Å². The van der Waals surface area contributed by atoms with Crippen molar-refractivity contribution in [2.45, 2.75) is 18.9 Å². The quantitative estimate of drug-likeness (QED) is 0.670. The summed E-state index contributed by atoms with van der Waals surface area (Å²) < 4.78 is 5.57. The molecule has 0 aliphatic carbocycles. The van der Waals surface area contributed by atoms with E-state index in [1.165, 1.54) is 5.56 Å². The zero-order chi connectivity index (χ0) is 9.10. The van der Waals surface area contributed by atoms with Crippen molar-refractivity contribution < 1.29 is 4.74 Å². The second kappa shape index (κ2) is 3.75. The van der Waals surface area contributed by atoms with Crippen LogP contribution in [0.3, 0.4) is 0 Å². The molecule has 0 unspecified atom stereocenters. The molecule has 1 aromatic rings. The van der Waals surface area contributed by atoms with Crippen molar-refractivity contribution >= 4 is 5.57 Å². The lowest BCUT2D eigenvalue weighted by atomic mass is 10.0. The van der Waals surface area contributed by atoms with Gasteiger partial charge in [0.2, 0.25) is 0 Å². The van der Waals surface area contributed by atoms with Crippen LogP contribution in [-0.2, 0) is 4.74 Å². The minimum absolute atomic E-state index is 0.252. The average molecular weight is 174 g/mol. The normalized spacial score (nSPS) is 21.7. The largest absolute Gasteiger partial charge is 0.374 e. The minimum atomic E-state index is 0.252. The summed E-state index contributed by atoms with van der Waals surface area (Å²) in [5.74, 6) is 0. The van der Waals surface area contributed by atoms with Crippen molar-refractivity contribution in [3.63, 3.8) is 0 Å². The highest BCUT2D eigenvalue weighted by Gasteiger charge is 2.19. The van der Waals surface area contributed by atoms with Crippen LogP contribution in [-0.4, -0.2) is 12.7 Å². The fourth-order valence-electron chi connectivity index (χ4n) is 1.69. The van der Waals surface area contributed by atoms with E-state index < -0.39 is 0 Å². The van der Waals surface area contributed by atoms with Crippen molar-refractivity contribution in [1.29, 1.82) is 0 Å². The van der Waals surface area contributed by atoms with E-state index in [4.69, 9.17) is 4.74 Å². The summed E-state index contributed by atoms with van der Waals surface area (Å²) in [6.45, 7) is 4.97. The molecular formula is C12H14O. The van der Waals surface area contributed by atoms with Gasteiger partial charge in [0.15, 0.2) is 0 Å². The summed E-state index contributed by atoms with van der Waals surface area (Å²) in [6.07, 6.45) is 2.53. The van der Waals surface area contributed by atoms with Crippen LogP contribution in [0.1, 0.15) is 18.4 Å². The lowest BCUT2D eigenvalue weighted by molar-refractivity contribution is 0.152. The summed E-state index contributed by atoms with van der Waals surface area (Å²) in [5, 5.41) is 0. The Bertz CT molecular complexity index is 283. The monoisotopic (exact) mass is 174 g/mol. The highest BCUT2D eigenvalue weighted by molar-refractivity contribution is 5.66. The summed E-state index contributed by atoms with van der Waals surface area (Å²) in [5.41, 5.74) is 2.33. The first kappa shape index (κ1) is 8.52. The Morgan fingerprint density at radius 2 is 2.08 bits per heavy atom. The van der Waals surface area contributed by atoms with Gasteiger partial charge in [0.05, 0.1) is 6.10 Å². The van der Waals surface area contributed by atoms with Crippen LogP contribution in [0.15, 0.2) is 36.9 Å². The van der Waals surface area contributed by atoms with E-state index in [2.05, 4.69) is 18.7 Å². The van der Waals surface area contributed by atoms with Gasteiger partial charge >= 0.3 is 0 Å². The summed E-state index contributed by atoms with van der Waals surface area (Å²) in [6, 6.07) is 10.3. The molecule has 1 heterocycles. The maximum Gasteiger partial charge on any atom is 0.0825 e. The molecule has 0 bridgehead atoms. The highest BCUT2D eigenvalue weighted by atomic mass is 16.5. The predicted octanol–water partition coefficient (Wildman–Crippen LogP) is 2.88. The molecule has 0 aromatic heterocycles. The second-order valence-electron chi connectivity index (χ2n) is 3.39. The molecule has 1 heteroatoms. The molecular weight excluding hydrogens is 160 g/mol. The average Bonchev–Trinajstić information content (AvgIpc) is 2.71. The van der Waals surface area contributed by atoms with Crippen LogP contribution in [0, 0.1) is 0 Å². The Morgan fingerprint density at radius 3 is 2.69 bits per heavy atom. The minimum Gasteiger partial charge on any atom is -0.374 e. The van der Waals surface area contributed by atoms with E-state index in [9.17, 15) is 0 Å². The van der Waals surface area contributed by atoms with Crippen LogP contribution in [0.25, 0.3) is 5.57 Å². The molecule has 1 saturated heterocycles. The molecule has 1 atom stereocenters. The SMILES string of the molecule is C=C(c1ccccc1)[C@H]1CCCO1. The Balaban J connectivity index is 2.13. The lowest BCUT2D eigenvalue weighted by Gasteiger charge is -2.12. The summed E-state index contributed by atoms with van der Waals surface area (Å²) in [4.78, 5) is 0. The van der Waals surface area contributed by atoms with Gasteiger partial charge in [-0.3, -0.25) is 0 Å². The highest BCUT2D eigenvalue weighted by Crippen LogP contribution is 2.25. The van der Waals surface area contributed by atoms with Gasteiger partial charge < -0.3 is 4.74 Å². The van der Waals surface area contributed by atoms with E-state index >= 15 is 0 Å². The van der Waals surface area contributed by atoms with E-state index in [1.807, 2.05) is 18.2 Å². The van der Waals surface area contributed by atoms with Gasteiger partial charge in [0.25, 0.3) is 0 Å². The van der Waals surface area contributed by atoms with Gasteiger partial charge in [0, 0.05) is 6.61 Å². The van der Waals surface area contributed by atoms with Crippen molar-refractivity contribution in [3.8, 4) is 0 Å². The zero-order valence-corrected chi connectivity index (χ0v) is 7.70. The van der Waals surface area contributed by atoms with Gasteiger partial charge in [-0.25, -0.2) is 0 Å². The molecule has 1 nitrogen and oxygen atoms in total. The predicted molar refractivity (Wildman–Crippen MR) is 54.5 cm³/mol. The van der Waals surface area contributed by atoms with Gasteiger partial charge in [-0.15, -0.1) is 0 Å². The topological polar surface area (TPSA) is 9.23 Å². The fourth-order valence-corrected chi connectivity index (χ4v) is 1.69. The van der Waals surface area contributed by atoms with Crippen LogP contribution < -0.4 is 0 Å². The van der Waals surface area contributed by atoms with Crippen molar-refractivity contribution in [3.05, 3.63) is 42.5 Å². The molecule has 1 fully saturated rings. The van der Waals surface area contributed by atoms with Crippen LogP contribution in [0.4, 0.5) is 0 Å². The molecule has 1 aliphatic heterocycles. The molecule has 0 radical (unpaired) electrons. The van der Waals surface area contributed by atoms with Crippen molar-refractivity contribution in [2.75, 3.05) is 6.61 Å². The Morgan fingerprint density at radius 1 is 1.31 bits per heavy atom. The smallest absolute Gasteiger partial charge is 0.0825 e. The second-order valence-corrected chi connectivity index (χ2v) is 3.39. The molecule has 0 N–H and O–H groups in total. The number of hydrogen-bond donors (Lipinski definition) is 0. The fraction of sp³-hybridized carbons (Fsp3) is 0.333. The number of ether oxygens (including phenoxy) is 1. The van der Waals surface area contributed by atoms with Gasteiger partial charge in [-0.05, 0) is 24.0 Å². The third-order valence-corrected chi connectivity index (χ3v) is 2.46. The first-order valence-corrected chi connectivity index (χ1v) is 4.74. The van der Waals surface area contributed by atoms with Crippen molar-refractivity contribution in [2.24, 2.45) is 0 Å². The third kappa shape index (κ3) is 1.81. The maximum absolute atomic E-state index is 5.57. The molecule has 0 amide bonds. The van der Waals surface area contributed by atoms with Crippen molar-refractivity contribution in [1.82, 2.24) is 0 Å². The number of hydrogen-bond acceptors (Lipinski definition) is 1. The Kier molecular flexibility index (Phi) is 2.46. The van der Waals surface area contributed by atoms with Crippen LogP contribution in [0.5, 0.6) is 0 Å². The zero-order valence-electron chi connectivity index (χ0n) is 7.70. The summed E-state index contributed by atoms with van der Waals surface area (Å²) in [7, 11) is 0. The first-order valence-electron chi connectivity index (χ1n) is 4.74. The maximum atomic E-state index is 5.57. The number of rotatable bonds is 2. The Labute approximate surface area is 79.0 Å². The van der Waals surface area contributed by atoms with E-state index in [-0.39, 0.29) is 6.10 Å². The molecule has 68 valence electrons. The van der Waals surface area contributed by atoms with Crippen LogP contribution in [0.2, 0.25) is 0 Å². The summed E-state index contributed by atoms with van der Waals surface area (Å²) >= 11 is 0. The molecule has 0 saturated carbocycles. The first-order chi connectivity index (χ1) is 6.38. The van der Waals surface area contributed by atoms with Crippen LogP contribution >= 0.6 is 0 Å². The van der Waals surface area contributed by atoms with Gasteiger partial charge in [0.1, 0.15) is 0 Å². The molecule has 2 rings (SSSR count). The van der Waals surface area contributed by atoms with E-state index in [1.54, 1.807) is 0 Å². The lowest BCUT2D eigenvalue weighted by Crippen LogP contribution is -2.06. The number of benzene rings is 1. The molecule has 1 aromatic carbocycles. The van der Waals surface area contributed by atoms with E-state index in [0.29, 0.717) is 0 Å². The molecule has 1 aliphatic rings.